The first-order chi connectivity index (χ1) is 10.3. The second kappa shape index (κ2) is 10.5. The Bertz CT molecular complexity index is 480. The van der Waals surface area contributed by atoms with Gasteiger partial charge in [0.2, 0.25) is 6.79 Å². The van der Waals surface area contributed by atoms with E-state index in [-0.39, 0.29) is 24.0 Å². The summed E-state index contributed by atoms with van der Waals surface area (Å²) in [5.74, 6) is 2.47. The SMILES string of the molecule is CCCCCCNC(=NC)NCc1ccc2c(c1)OCO2.I. The molecule has 1 aliphatic rings. The summed E-state index contributed by atoms with van der Waals surface area (Å²) in [5, 5.41) is 6.64. The van der Waals surface area contributed by atoms with E-state index in [9.17, 15) is 0 Å². The molecule has 5 nitrogen and oxygen atoms in total. The summed E-state index contributed by atoms with van der Waals surface area (Å²) in [6.07, 6.45) is 5.00. The fourth-order valence-corrected chi connectivity index (χ4v) is 2.22. The highest BCUT2D eigenvalue weighted by molar-refractivity contribution is 14.0. The molecule has 22 heavy (non-hydrogen) atoms. The quantitative estimate of drug-likeness (QED) is 0.308. The standard InChI is InChI=1S/C16H25N3O2.HI/c1-3-4-5-6-9-18-16(17-2)19-11-13-7-8-14-15(10-13)21-12-20-14;/h7-8,10H,3-6,9,11-12H2,1-2H3,(H2,17,18,19);1H. The predicted molar refractivity (Wildman–Crippen MR) is 100 cm³/mol. The van der Waals surface area contributed by atoms with Gasteiger partial charge in [0, 0.05) is 20.1 Å². The number of hydrogen-bond donors (Lipinski definition) is 2. The van der Waals surface area contributed by atoms with Crippen molar-refractivity contribution in [2.24, 2.45) is 4.99 Å². The van der Waals surface area contributed by atoms with Gasteiger partial charge in [0.1, 0.15) is 0 Å². The molecule has 0 bridgehead atoms. The lowest BCUT2D eigenvalue weighted by Crippen LogP contribution is -2.37. The first kappa shape index (κ1) is 18.9. The highest BCUT2D eigenvalue weighted by atomic mass is 127. The summed E-state index contributed by atoms with van der Waals surface area (Å²) in [5.41, 5.74) is 1.15. The fraction of sp³-hybridized carbons (Fsp3) is 0.562. The molecular weight excluding hydrogens is 393 g/mol. The van der Waals surface area contributed by atoms with Crippen LogP contribution < -0.4 is 20.1 Å². The summed E-state index contributed by atoms with van der Waals surface area (Å²) in [6, 6.07) is 5.99. The van der Waals surface area contributed by atoms with E-state index in [0.717, 1.165) is 29.6 Å². The van der Waals surface area contributed by atoms with Crippen molar-refractivity contribution in [2.45, 2.75) is 39.2 Å². The second-order valence-corrected chi connectivity index (χ2v) is 5.10. The van der Waals surface area contributed by atoms with Gasteiger partial charge in [0.15, 0.2) is 17.5 Å². The van der Waals surface area contributed by atoms with Gasteiger partial charge in [0.25, 0.3) is 0 Å². The largest absolute Gasteiger partial charge is 0.454 e. The zero-order chi connectivity index (χ0) is 14.9. The molecule has 1 aromatic carbocycles. The van der Waals surface area contributed by atoms with Crippen molar-refractivity contribution < 1.29 is 9.47 Å². The predicted octanol–water partition coefficient (Wildman–Crippen LogP) is 3.28. The smallest absolute Gasteiger partial charge is 0.231 e. The van der Waals surface area contributed by atoms with Crippen LogP contribution >= 0.6 is 24.0 Å². The topological polar surface area (TPSA) is 54.9 Å². The van der Waals surface area contributed by atoms with Crippen LogP contribution in [0.4, 0.5) is 0 Å². The molecule has 2 rings (SSSR count). The number of hydrogen-bond acceptors (Lipinski definition) is 3. The Morgan fingerprint density at radius 2 is 1.95 bits per heavy atom. The Labute approximate surface area is 149 Å². The van der Waals surface area contributed by atoms with Crippen LogP contribution in [0.1, 0.15) is 38.2 Å². The van der Waals surface area contributed by atoms with Gasteiger partial charge in [-0.25, -0.2) is 0 Å². The number of nitrogens with one attached hydrogen (secondary N) is 2. The Hall–Kier alpha value is -1.18. The number of fused-ring (bicyclic) bond motifs is 1. The molecule has 0 aliphatic carbocycles. The summed E-state index contributed by atoms with van der Waals surface area (Å²) < 4.78 is 10.7. The molecule has 1 heterocycles. The minimum atomic E-state index is 0. The number of aliphatic imine (C=N–C) groups is 1. The Morgan fingerprint density at radius 3 is 2.73 bits per heavy atom. The zero-order valence-corrected chi connectivity index (χ0v) is 15.7. The number of guanidine groups is 1. The third-order valence-corrected chi connectivity index (χ3v) is 3.44. The summed E-state index contributed by atoms with van der Waals surface area (Å²) in [7, 11) is 1.79. The number of rotatable bonds is 7. The van der Waals surface area contributed by atoms with Crippen LogP contribution in [0.2, 0.25) is 0 Å². The molecule has 0 saturated heterocycles. The molecule has 1 aromatic rings. The Balaban J connectivity index is 0.00000242. The average molecular weight is 419 g/mol. The van der Waals surface area contributed by atoms with Crippen LogP contribution in [0, 0.1) is 0 Å². The van der Waals surface area contributed by atoms with E-state index in [1.807, 2.05) is 18.2 Å². The molecule has 0 saturated carbocycles. The minimum absolute atomic E-state index is 0. The average Bonchev–Trinajstić information content (AvgIpc) is 2.97. The molecule has 0 unspecified atom stereocenters. The highest BCUT2D eigenvalue weighted by Crippen LogP contribution is 2.32. The van der Waals surface area contributed by atoms with Gasteiger partial charge in [0.05, 0.1) is 0 Å². The van der Waals surface area contributed by atoms with Gasteiger partial charge in [-0.3, -0.25) is 4.99 Å². The van der Waals surface area contributed by atoms with Crippen molar-refractivity contribution in [3.8, 4) is 11.5 Å². The van der Waals surface area contributed by atoms with Gasteiger partial charge >= 0.3 is 0 Å². The van der Waals surface area contributed by atoms with E-state index in [1.165, 1.54) is 25.7 Å². The summed E-state index contributed by atoms with van der Waals surface area (Å²) >= 11 is 0. The first-order valence-electron chi connectivity index (χ1n) is 7.66. The molecule has 0 amide bonds. The molecule has 0 fully saturated rings. The second-order valence-electron chi connectivity index (χ2n) is 5.10. The maximum Gasteiger partial charge on any atom is 0.231 e. The highest BCUT2D eigenvalue weighted by Gasteiger charge is 2.13. The molecule has 0 aromatic heterocycles. The van der Waals surface area contributed by atoms with Crippen LogP contribution in [0.25, 0.3) is 0 Å². The van der Waals surface area contributed by atoms with E-state index < -0.39 is 0 Å². The maximum atomic E-state index is 5.38. The fourth-order valence-electron chi connectivity index (χ4n) is 2.22. The maximum absolute atomic E-state index is 5.38. The van der Waals surface area contributed by atoms with Gasteiger partial charge < -0.3 is 20.1 Å². The lowest BCUT2D eigenvalue weighted by atomic mass is 10.2. The number of nitrogens with zero attached hydrogens (tertiary/aromatic N) is 1. The monoisotopic (exact) mass is 419 g/mol. The van der Waals surface area contributed by atoms with E-state index in [1.54, 1.807) is 7.05 Å². The number of ether oxygens (including phenoxy) is 2. The van der Waals surface area contributed by atoms with E-state index in [2.05, 4.69) is 22.5 Å². The summed E-state index contributed by atoms with van der Waals surface area (Å²) in [6.45, 7) is 4.21. The van der Waals surface area contributed by atoms with E-state index in [0.29, 0.717) is 13.3 Å². The lowest BCUT2D eigenvalue weighted by molar-refractivity contribution is 0.174. The Kier molecular flexibility index (Phi) is 9.03. The van der Waals surface area contributed by atoms with Crippen molar-refractivity contribution in [1.82, 2.24) is 10.6 Å². The van der Waals surface area contributed by atoms with Gasteiger partial charge in [-0.2, -0.15) is 0 Å². The van der Waals surface area contributed by atoms with Crippen LogP contribution in [-0.2, 0) is 6.54 Å². The van der Waals surface area contributed by atoms with Crippen molar-refractivity contribution in [2.75, 3.05) is 20.4 Å². The van der Waals surface area contributed by atoms with Crippen molar-refractivity contribution in [3.63, 3.8) is 0 Å². The van der Waals surface area contributed by atoms with Crippen LogP contribution in [-0.4, -0.2) is 26.3 Å². The molecule has 2 N–H and O–H groups in total. The molecule has 124 valence electrons. The minimum Gasteiger partial charge on any atom is -0.454 e. The number of unbranched alkanes of at least 4 members (excludes halogenated alkanes) is 3. The van der Waals surface area contributed by atoms with Crippen molar-refractivity contribution >= 4 is 29.9 Å². The molecular formula is C16H26IN3O2. The molecule has 1 aliphatic heterocycles. The van der Waals surface area contributed by atoms with Gasteiger partial charge in [-0.05, 0) is 24.1 Å². The number of benzene rings is 1. The first-order valence-corrected chi connectivity index (χ1v) is 7.66. The van der Waals surface area contributed by atoms with Crippen molar-refractivity contribution in [3.05, 3.63) is 23.8 Å². The third kappa shape index (κ3) is 5.90. The molecule has 0 atom stereocenters. The van der Waals surface area contributed by atoms with Crippen molar-refractivity contribution in [1.29, 1.82) is 0 Å². The van der Waals surface area contributed by atoms with Crippen LogP contribution in [0.5, 0.6) is 11.5 Å². The van der Waals surface area contributed by atoms with Crippen LogP contribution in [0.15, 0.2) is 23.2 Å². The van der Waals surface area contributed by atoms with Crippen LogP contribution in [0.3, 0.4) is 0 Å². The molecule has 0 spiro atoms. The Morgan fingerprint density at radius 1 is 1.14 bits per heavy atom. The van der Waals surface area contributed by atoms with Gasteiger partial charge in [-0.1, -0.05) is 32.3 Å². The normalized spacial score (nSPS) is 12.7. The van der Waals surface area contributed by atoms with E-state index in [4.69, 9.17) is 9.47 Å². The number of halogens is 1. The van der Waals surface area contributed by atoms with E-state index >= 15 is 0 Å². The van der Waals surface area contributed by atoms with Gasteiger partial charge in [-0.15, -0.1) is 24.0 Å². The third-order valence-electron chi connectivity index (χ3n) is 3.44. The lowest BCUT2D eigenvalue weighted by Gasteiger charge is -2.12. The molecule has 6 heteroatoms. The molecule has 0 radical (unpaired) electrons. The zero-order valence-electron chi connectivity index (χ0n) is 13.4. The summed E-state index contributed by atoms with van der Waals surface area (Å²) in [4.78, 5) is 4.23.